The second kappa shape index (κ2) is 5.83. The van der Waals surface area contributed by atoms with Crippen molar-refractivity contribution in [3.8, 4) is 0 Å². The van der Waals surface area contributed by atoms with Gasteiger partial charge in [-0.3, -0.25) is 0 Å². The first-order chi connectivity index (χ1) is 9.79. The number of sulfonamides is 1. The fourth-order valence-electron chi connectivity index (χ4n) is 1.99. The number of rotatable bonds is 4. The van der Waals surface area contributed by atoms with Crippen molar-refractivity contribution < 1.29 is 12.8 Å². The Labute approximate surface area is 123 Å². The number of nitrogen functional groups attached to an aromatic ring is 1. The number of hydrogen-bond donors (Lipinski definition) is 2. The van der Waals surface area contributed by atoms with Gasteiger partial charge in [-0.1, -0.05) is 12.1 Å². The molecule has 2 rings (SSSR count). The summed E-state index contributed by atoms with van der Waals surface area (Å²) in [7, 11) is -3.67. The number of nitrogens with two attached hydrogens (primary N) is 1. The summed E-state index contributed by atoms with van der Waals surface area (Å²) in [4.78, 5) is 0.169. The minimum atomic E-state index is -3.67. The zero-order valence-corrected chi connectivity index (χ0v) is 12.7. The van der Waals surface area contributed by atoms with E-state index < -0.39 is 10.0 Å². The van der Waals surface area contributed by atoms with Gasteiger partial charge in [-0.25, -0.2) is 17.5 Å². The topological polar surface area (TPSA) is 72.2 Å². The van der Waals surface area contributed by atoms with E-state index in [-0.39, 0.29) is 17.3 Å². The number of benzene rings is 2. The molecule has 0 fully saturated rings. The average Bonchev–Trinajstić information content (AvgIpc) is 2.42. The number of aryl methyl sites for hydroxylation is 1. The Morgan fingerprint density at radius 1 is 1.14 bits per heavy atom. The van der Waals surface area contributed by atoms with Gasteiger partial charge in [0.2, 0.25) is 10.0 Å². The van der Waals surface area contributed by atoms with Crippen LogP contribution in [-0.2, 0) is 16.6 Å². The SMILES string of the molecule is Cc1cc(N)c(C)c(S(=O)(=O)NCc2ccc(F)cc2)c1. The third-order valence-electron chi connectivity index (χ3n) is 3.21. The Kier molecular flexibility index (Phi) is 4.29. The molecule has 0 aliphatic rings. The van der Waals surface area contributed by atoms with E-state index in [1.54, 1.807) is 26.0 Å². The van der Waals surface area contributed by atoms with Crippen LogP contribution in [0.25, 0.3) is 0 Å². The number of halogens is 1. The molecule has 21 heavy (non-hydrogen) atoms. The fraction of sp³-hybridized carbons (Fsp3) is 0.200. The van der Waals surface area contributed by atoms with Crippen LogP contribution in [0.2, 0.25) is 0 Å². The van der Waals surface area contributed by atoms with Crippen molar-refractivity contribution in [2.75, 3.05) is 5.73 Å². The highest BCUT2D eigenvalue weighted by Gasteiger charge is 2.18. The fourth-order valence-corrected chi connectivity index (χ4v) is 3.36. The van der Waals surface area contributed by atoms with Crippen LogP contribution in [0.4, 0.5) is 10.1 Å². The Hall–Kier alpha value is -1.92. The van der Waals surface area contributed by atoms with Gasteiger partial charge in [0.1, 0.15) is 5.82 Å². The van der Waals surface area contributed by atoms with Crippen molar-refractivity contribution in [3.63, 3.8) is 0 Å². The minimum Gasteiger partial charge on any atom is -0.398 e. The highest BCUT2D eigenvalue weighted by atomic mass is 32.2. The Morgan fingerprint density at radius 2 is 1.76 bits per heavy atom. The first-order valence-electron chi connectivity index (χ1n) is 6.40. The molecular formula is C15H17FN2O2S. The molecule has 0 aliphatic heterocycles. The van der Waals surface area contributed by atoms with Gasteiger partial charge in [0.05, 0.1) is 4.90 Å². The molecule has 3 N–H and O–H groups in total. The molecule has 0 saturated heterocycles. The molecule has 0 radical (unpaired) electrons. The molecule has 4 nitrogen and oxygen atoms in total. The van der Waals surface area contributed by atoms with Gasteiger partial charge >= 0.3 is 0 Å². The zero-order valence-electron chi connectivity index (χ0n) is 11.9. The van der Waals surface area contributed by atoms with Gasteiger partial charge in [0.15, 0.2) is 0 Å². The van der Waals surface area contributed by atoms with E-state index in [0.29, 0.717) is 16.8 Å². The summed E-state index contributed by atoms with van der Waals surface area (Å²) in [5.41, 5.74) is 8.23. The zero-order chi connectivity index (χ0) is 15.6. The molecule has 2 aromatic carbocycles. The maximum Gasteiger partial charge on any atom is 0.241 e. The monoisotopic (exact) mass is 308 g/mol. The third-order valence-corrected chi connectivity index (χ3v) is 4.74. The predicted molar refractivity (Wildman–Crippen MR) is 80.8 cm³/mol. The third kappa shape index (κ3) is 3.59. The van der Waals surface area contributed by atoms with Gasteiger partial charge in [0, 0.05) is 12.2 Å². The molecule has 2 aromatic rings. The van der Waals surface area contributed by atoms with E-state index in [4.69, 9.17) is 5.73 Å². The summed E-state index contributed by atoms with van der Waals surface area (Å²) < 4.78 is 40.0. The van der Waals surface area contributed by atoms with Crippen molar-refractivity contribution in [3.05, 3.63) is 58.9 Å². The molecule has 0 heterocycles. The van der Waals surface area contributed by atoms with E-state index in [1.807, 2.05) is 0 Å². The lowest BCUT2D eigenvalue weighted by atomic mass is 10.1. The molecule has 0 aromatic heterocycles. The maximum atomic E-state index is 12.8. The van der Waals surface area contributed by atoms with Gasteiger partial charge < -0.3 is 5.73 Å². The molecule has 0 unspecified atom stereocenters. The lowest BCUT2D eigenvalue weighted by Gasteiger charge is -2.12. The van der Waals surface area contributed by atoms with E-state index in [2.05, 4.69) is 4.72 Å². The molecule has 0 atom stereocenters. The summed E-state index contributed by atoms with van der Waals surface area (Å²) in [5, 5.41) is 0. The average molecular weight is 308 g/mol. The van der Waals surface area contributed by atoms with Crippen LogP contribution in [0.1, 0.15) is 16.7 Å². The first-order valence-corrected chi connectivity index (χ1v) is 7.89. The van der Waals surface area contributed by atoms with Crippen molar-refractivity contribution >= 4 is 15.7 Å². The van der Waals surface area contributed by atoms with E-state index in [9.17, 15) is 12.8 Å². The first kappa shape index (κ1) is 15.5. The summed E-state index contributed by atoms with van der Waals surface area (Å²) >= 11 is 0. The highest BCUT2D eigenvalue weighted by molar-refractivity contribution is 7.89. The summed E-state index contributed by atoms with van der Waals surface area (Å²) in [6.07, 6.45) is 0. The predicted octanol–water partition coefficient (Wildman–Crippen LogP) is 2.50. The largest absolute Gasteiger partial charge is 0.398 e. The molecule has 6 heteroatoms. The van der Waals surface area contributed by atoms with Crippen LogP contribution < -0.4 is 10.5 Å². The van der Waals surface area contributed by atoms with Crippen molar-refractivity contribution in [2.24, 2.45) is 0 Å². The maximum absolute atomic E-state index is 12.8. The van der Waals surface area contributed by atoms with E-state index in [0.717, 1.165) is 5.56 Å². The number of anilines is 1. The van der Waals surface area contributed by atoms with E-state index >= 15 is 0 Å². The van der Waals surface area contributed by atoms with Gasteiger partial charge in [0.25, 0.3) is 0 Å². The van der Waals surface area contributed by atoms with Crippen molar-refractivity contribution in [1.82, 2.24) is 4.72 Å². The Morgan fingerprint density at radius 3 is 2.38 bits per heavy atom. The standard InChI is InChI=1S/C15H17FN2O2S/c1-10-7-14(17)11(2)15(8-10)21(19,20)18-9-12-3-5-13(16)6-4-12/h3-8,18H,9,17H2,1-2H3. The Bertz CT molecular complexity index is 756. The highest BCUT2D eigenvalue weighted by Crippen LogP contribution is 2.23. The lowest BCUT2D eigenvalue weighted by molar-refractivity contribution is 0.580. The second-order valence-electron chi connectivity index (χ2n) is 4.93. The van der Waals surface area contributed by atoms with Gasteiger partial charge in [-0.15, -0.1) is 0 Å². The summed E-state index contributed by atoms with van der Waals surface area (Å²) in [5.74, 6) is -0.357. The lowest BCUT2D eigenvalue weighted by Crippen LogP contribution is -2.24. The van der Waals surface area contributed by atoms with Crippen LogP contribution in [0.15, 0.2) is 41.3 Å². The van der Waals surface area contributed by atoms with Gasteiger partial charge in [-0.2, -0.15) is 0 Å². The van der Waals surface area contributed by atoms with Gasteiger partial charge in [-0.05, 0) is 54.8 Å². The van der Waals surface area contributed by atoms with E-state index in [1.165, 1.54) is 24.3 Å². The summed E-state index contributed by atoms with van der Waals surface area (Å²) in [6, 6.07) is 8.97. The molecule has 112 valence electrons. The minimum absolute atomic E-state index is 0.0932. The van der Waals surface area contributed by atoms with Crippen LogP contribution in [0, 0.1) is 19.7 Å². The van der Waals surface area contributed by atoms with Crippen LogP contribution in [0.5, 0.6) is 0 Å². The van der Waals surface area contributed by atoms with Crippen LogP contribution >= 0.6 is 0 Å². The van der Waals surface area contributed by atoms with Crippen LogP contribution in [-0.4, -0.2) is 8.42 Å². The molecule has 0 amide bonds. The number of nitrogens with one attached hydrogen (secondary N) is 1. The quantitative estimate of drug-likeness (QED) is 0.852. The molecule has 0 spiro atoms. The molecule has 0 aliphatic carbocycles. The molecular weight excluding hydrogens is 291 g/mol. The molecule has 0 bridgehead atoms. The van der Waals surface area contributed by atoms with Crippen LogP contribution in [0.3, 0.4) is 0 Å². The summed E-state index contributed by atoms with van der Waals surface area (Å²) in [6.45, 7) is 3.55. The smallest absolute Gasteiger partial charge is 0.241 e. The van der Waals surface area contributed by atoms with Crippen molar-refractivity contribution in [2.45, 2.75) is 25.3 Å². The Balaban J connectivity index is 2.25. The van der Waals surface area contributed by atoms with Crippen molar-refractivity contribution in [1.29, 1.82) is 0 Å². The molecule has 0 saturated carbocycles. The normalized spacial score (nSPS) is 11.6. The second-order valence-corrected chi connectivity index (χ2v) is 6.66. The number of hydrogen-bond acceptors (Lipinski definition) is 3.